The number of ether oxygens (including phenoxy) is 1. The third-order valence-corrected chi connectivity index (χ3v) is 7.24. The predicted octanol–water partition coefficient (Wildman–Crippen LogP) is 3.82. The van der Waals surface area contributed by atoms with Gasteiger partial charge in [-0.1, -0.05) is 27.6 Å². The Labute approximate surface area is 106 Å². The Morgan fingerprint density at radius 2 is 2.19 bits per heavy atom. The van der Waals surface area contributed by atoms with Crippen LogP contribution in [0, 0.1) is 11.3 Å². The van der Waals surface area contributed by atoms with Gasteiger partial charge in [-0.15, -0.1) is 0 Å². The van der Waals surface area contributed by atoms with Crippen molar-refractivity contribution in [3.05, 3.63) is 11.6 Å². The van der Waals surface area contributed by atoms with Crippen LogP contribution in [-0.4, -0.2) is 16.0 Å². The van der Waals surface area contributed by atoms with Crippen molar-refractivity contribution in [2.45, 2.75) is 62.0 Å². The van der Waals surface area contributed by atoms with Crippen LogP contribution in [0.15, 0.2) is 11.6 Å². The lowest BCUT2D eigenvalue weighted by molar-refractivity contribution is -0.174. The highest BCUT2D eigenvalue weighted by molar-refractivity contribution is 9.09. The molecule has 0 amide bonds. The molecule has 0 aromatic rings. The van der Waals surface area contributed by atoms with Crippen LogP contribution < -0.4 is 0 Å². The fourth-order valence-electron chi connectivity index (χ4n) is 5.16. The van der Waals surface area contributed by atoms with Gasteiger partial charge in [0.15, 0.2) is 0 Å². The molecule has 2 aliphatic heterocycles. The maximum absolute atomic E-state index is 6.66. The van der Waals surface area contributed by atoms with Crippen LogP contribution >= 0.6 is 15.9 Å². The van der Waals surface area contributed by atoms with Gasteiger partial charge < -0.3 is 4.74 Å². The summed E-state index contributed by atoms with van der Waals surface area (Å²) in [5.41, 5.74) is 2.30. The topological polar surface area (TPSA) is 9.23 Å². The highest BCUT2D eigenvalue weighted by Gasteiger charge is 2.72. The minimum atomic E-state index is 0.102. The van der Waals surface area contributed by atoms with Gasteiger partial charge in [0.2, 0.25) is 0 Å². The van der Waals surface area contributed by atoms with E-state index in [-0.39, 0.29) is 11.2 Å². The van der Waals surface area contributed by atoms with Gasteiger partial charge in [0.25, 0.3) is 0 Å². The first-order valence-electron chi connectivity index (χ1n) is 6.55. The zero-order valence-corrected chi connectivity index (χ0v) is 11.6. The van der Waals surface area contributed by atoms with Crippen LogP contribution in [0.1, 0.15) is 46.0 Å². The average molecular weight is 283 g/mol. The summed E-state index contributed by atoms with van der Waals surface area (Å²) in [7, 11) is 0. The van der Waals surface area contributed by atoms with Gasteiger partial charge in [-0.05, 0) is 46.0 Å². The molecule has 0 N–H and O–H groups in total. The number of hydrogen-bond acceptors (Lipinski definition) is 1. The van der Waals surface area contributed by atoms with Gasteiger partial charge in [0.05, 0.1) is 11.2 Å². The number of rotatable bonds is 0. The molecule has 5 atom stereocenters. The van der Waals surface area contributed by atoms with E-state index in [1.807, 2.05) is 0 Å². The van der Waals surface area contributed by atoms with E-state index >= 15 is 0 Å². The quantitative estimate of drug-likeness (QED) is 0.485. The number of hydrogen-bond donors (Lipinski definition) is 0. The molecule has 2 heteroatoms. The van der Waals surface area contributed by atoms with E-state index in [9.17, 15) is 0 Å². The Bertz CT molecular complexity index is 404. The summed E-state index contributed by atoms with van der Waals surface area (Å²) in [4.78, 5) is 0.538. The van der Waals surface area contributed by atoms with Gasteiger partial charge in [-0.2, -0.15) is 0 Å². The summed E-state index contributed by atoms with van der Waals surface area (Å²) in [6, 6.07) is 0. The molecule has 0 aromatic heterocycles. The number of fused-ring (bicyclic) bond motifs is 1. The van der Waals surface area contributed by atoms with Crippen LogP contribution in [0.3, 0.4) is 0 Å². The summed E-state index contributed by atoms with van der Waals surface area (Å²) < 4.78 is 6.66. The van der Waals surface area contributed by atoms with Crippen molar-refractivity contribution in [1.82, 2.24) is 0 Å². The zero-order valence-electron chi connectivity index (χ0n) is 10.1. The van der Waals surface area contributed by atoms with Crippen LogP contribution in [0.2, 0.25) is 0 Å². The Morgan fingerprint density at radius 3 is 2.94 bits per heavy atom. The first-order valence-corrected chi connectivity index (χ1v) is 7.47. The first-order chi connectivity index (χ1) is 7.52. The van der Waals surface area contributed by atoms with Crippen LogP contribution in [0.5, 0.6) is 0 Å². The molecule has 3 fully saturated rings. The highest BCUT2D eigenvalue weighted by atomic mass is 79.9. The van der Waals surface area contributed by atoms with E-state index < -0.39 is 0 Å². The first kappa shape index (κ1) is 10.1. The third kappa shape index (κ3) is 0.839. The lowest BCUT2D eigenvalue weighted by Crippen LogP contribution is -2.54. The fraction of sp³-hybridized carbons (Fsp3) is 0.857. The van der Waals surface area contributed by atoms with Crippen molar-refractivity contribution in [2.75, 3.05) is 0 Å². The van der Waals surface area contributed by atoms with Crippen molar-refractivity contribution in [1.29, 1.82) is 0 Å². The van der Waals surface area contributed by atoms with Crippen molar-refractivity contribution in [3.8, 4) is 0 Å². The normalized spacial score (nSPS) is 62.3. The maximum Gasteiger partial charge on any atom is 0.0846 e. The van der Waals surface area contributed by atoms with Crippen LogP contribution in [0.4, 0.5) is 0 Å². The molecule has 0 unspecified atom stereocenters. The molecule has 1 saturated carbocycles. The molecular weight excluding hydrogens is 264 g/mol. The van der Waals surface area contributed by atoms with E-state index in [0.29, 0.717) is 10.2 Å². The smallest absolute Gasteiger partial charge is 0.0846 e. The lowest BCUT2D eigenvalue weighted by atomic mass is 9.71. The molecule has 16 heavy (non-hydrogen) atoms. The summed E-state index contributed by atoms with van der Waals surface area (Å²) in [5.74, 6) is 0.731. The lowest BCUT2D eigenvalue weighted by Gasteiger charge is -2.49. The maximum atomic E-state index is 6.66. The van der Waals surface area contributed by atoms with Crippen molar-refractivity contribution in [3.63, 3.8) is 0 Å². The summed E-state index contributed by atoms with van der Waals surface area (Å²) >= 11 is 3.89. The third-order valence-electron chi connectivity index (χ3n) is 5.95. The Hall–Kier alpha value is 0.180. The van der Waals surface area contributed by atoms with Gasteiger partial charge in [-0.25, -0.2) is 0 Å². The molecule has 4 bridgehead atoms. The van der Waals surface area contributed by atoms with Gasteiger partial charge in [0, 0.05) is 16.2 Å². The van der Waals surface area contributed by atoms with Gasteiger partial charge in [-0.3, -0.25) is 0 Å². The number of halogens is 1. The molecule has 88 valence electrons. The van der Waals surface area contributed by atoms with E-state index in [1.54, 1.807) is 5.57 Å². The van der Waals surface area contributed by atoms with Crippen molar-refractivity contribution >= 4 is 15.9 Å². The Balaban J connectivity index is 1.90. The molecular formula is C14H19BrO. The van der Waals surface area contributed by atoms with Crippen LogP contribution in [0.25, 0.3) is 0 Å². The van der Waals surface area contributed by atoms with E-state index in [1.165, 1.54) is 32.1 Å². The summed E-state index contributed by atoms with van der Waals surface area (Å²) in [6.45, 7) is 4.63. The van der Waals surface area contributed by atoms with Gasteiger partial charge in [0.1, 0.15) is 0 Å². The molecule has 4 rings (SSSR count). The molecule has 1 spiro atoms. The van der Waals surface area contributed by atoms with E-state index in [4.69, 9.17) is 4.74 Å². The standard InChI is InChI=1S/C14H19BrO/c1-9-7-13-4-3-10(9)14(13)6-5-12(2,16-14)11(15)8-13/h7,10-11H,3-6,8H2,1-2H3/t10-,11-,12+,13+,14-/m0/s1. The molecule has 2 saturated heterocycles. The summed E-state index contributed by atoms with van der Waals surface area (Å²) in [5, 5.41) is 0. The molecule has 0 radical (unpaired) electrons. The minimum absolute atomic E-state index is 0.102. The molecule has 1 nitrogen and oxygen atoms in total. The average Bonchev–Trinajstić information content (AvgIpc) is 2.76. The number of alkyl halides is 1. The van der Waals surface area contributed by atoms with Crippen molar-refractivity contribution in [2.24, 2.45) is 11.3 Å². The predicted molar refractivity (Wildman–Crippen MR) is 67.7 cm³/mol. The van der Waals surface area contributed by atoms with E-state index in [0.717, 1.165) is 5.92 Å². The molecule has 2 heterocycles. The van der Waals surface area contributed by atoms with E-state index in [2.05, 4.69) is 35.9 Å². The second kappa shape index (κ2) is 2.61. The zero-order chi connectivity index (χ0) is 11.2. The molecule has 4 aliphatic rings. The summed E-state index contributed by atoms with van der Waals surface area (Å²) in [6.07, 6.45) is 9.09. The highest BCUT2D eigenvalue weighted by Crippen LogP contribution is 2.72. The van der Waals surface area contributed by atoms with Crippen molar-refractivity contribution < 1.29 is 4.74 Å². The van der Waals surface area contributed by atoms with Gasteiger partial charge >= 0.3 is 0 Å². The monoisotopic (exact) mass is 282 g/mol. The largest absolute Gasteiger partial charge is 0.366 e. The fourth-order valence-corrected chi connectivity index (χ4v) is 6.06. The minimum Gasteiger partial charge on any atom is -0.366 e. The Kier molecular flexibility index (Phi) is 1.65. The SMILES string of the molecule is CC1=C[C@@]23CC[C@@H]1[C@@]21CC[C@@](C)(O1)[C@@H](Br)C3. The second-order valence-electron chi connectivity index (χ2n) is 6.61. The Morgan fingerprint density at radius 1 is 1.38 bits per heavy atom. The van der Waals surface area contributed by atoms with Crippen LogP contribution in [-0.2, 0) is 4.74 Å². The molecule has 2 aliphatic carbocycles. The molecule has 0 aromatic carbocycles. The second-order valence-corrected chi connectivity index (χ2v) is 7.72.